The minimum atomic E-state index is 0.0214. The molecule has 1 aliphatic heterocycles. The Morgan fingerprint density at radius 2 is 1.70 bits per heavy atom. The summed E-state index contributed by atoms with van der Waals surface area (Å²) < 4.78 is 0. The molecule has 1 fully saturated rings. The first kappa shape index (κ1) is 17.8. The van der Waals surface area contributed by atoms with Crippen LogP contribution in [-0.2, 0) is 6.54 Å². The van der Waals surface area contributed by atoms with Crippen molar-refractivity contribution in [2.45, 2.75) is 6.54 Å². The van der Waals surface area contributed by atoms with Gasteiger partial charge in [-0.25, -0.2) is 0 Å². The lowest BCUT2D eigenvalue weighted by atomic mass is 10.1. The third-order valence-corrected chi connectivity index (χ3v) is 5.16. The van der Waals surface area contributed by atoms with Crippen molar-refractivity contribution in [3.8, 4) is 11.3 Å². The number of hydrogen-bond donors (Lipinski definition) is 1. The second-order valence-electron chi connectivity index (χ2n) is 6.72. The first-order valence-corrected chi connectivity index (χ1v) is 9.43. The molecule has 0 atom stereocenters. The molecule has 0 bridgehead atoms. The Bertz CT molecular complexity index is 899. The first-order valence-electron chi connectivity index (χ1n) is 9.05. The van der Waals surface area contributed by atoms with Crippen molar-refractivity contribution in [3.63, 3.8) is 0 Å². The van der Waals surface area contributed by atoms with Crippen molar-refractivity contribution in [2.75, 3.05) is 26.2 Å². The molecule has 0 radical (unpaired) electrons. The smallest absolute Gasteiger partial charge is 0.257 e. The second kappa shape index (κ2) is 7.94. The Kier molecular flexibility index (Phi) is 5.23. The van der Waals surface area contributed by atoms with Crippen LogP contribution in [0.25, 0.3) is 11.3 Å². The van der Waals surface area contributed by atoms with Gasteiger partial charge in [0.25, 0.3) is 5.91 Å². The number of aromatic nitrogens is 2. The predicted molar refractivity (Wildman–Crippen MR) is 107 cm³/mol. The van der Waals surface area contributed by atoms with Crippen LogP contribution >= 0.6 is 11.6 Å². The highest BCUT2D eigenvalue weighted by molar-refractivity contribution is 6.30. The molecule has 1 N–H and O–H groups in total. The van der Waals surface area contributed by atoms with Crippen molar-refractivity contribution in [1.82, 2.24) is 20.0 Å². The molecule has 0 saturated carbocycles. The van der Waals surface area contributed by atoms with Gasteiger partial charge in [0, 0.05) is 43.3 Å². The van der Waals surface area contributed by atoms with Crippen LogP contribution in [0.4, 0.5) is 0 Å². The SMILES string of the molecule is O=C(c1cn[nH]c1-c1ccc(Cl)cc1)N1CCN(Cc2ccccc2)CC1. The van der Waals surface area contributed by atoms with Crippen molar-refractivity contribution < 1.29 is 4.79 Å². The van der Waals surface area contributed by atoms with E-state index in [0.717, 1.165) is 44.0 Å². The van der Waals surface area contributed by atoms with Gasteiger partial charge in [-0.05, 0) is 17.7 Å². The number of H-pyrrole nitrogens is 1. The monoisotopic (exact) mass is 380 g/mol. The topological polar surface area (TPSA) is 52.2 Å². The standard InChI is InChI=1S/C21H21ClN4O/c22-18-8-6-17(7-9-18)20-19(14-23-24-20)21(27)26-12-10-25(11-13-26)15-16-4-2-1-3-5-16/h1-9,14H,10-13,15H2,(H,23,24). The summed E-state index contributed by atoms with van der Waals surface area (Å²) >= 11 is 5.96. The van der Waals surface area contributed by atoms with Crippen LogP contribution in [0.15, 0.2) is 60.8 Å². The van der Waals surface area contributed by atoms with E-state index >= 15 is 0 Å². The number of aromatic amines is 1. The van der Waals surface area contributed by atoms with Gasteiger partial charge in [-0.3, -0.25) is 14.8 Å². The third-order valence-electron chi connectivity index (χ3n) is 4.91. The normalized spacial score (nSPS) is 15.1. The minimum Gasteiger partial charge on any atom is -0.336 e. The summed E-state index contributed by atoms with van der Waals surface area (Å²) in [6, 6.07) is 17.8. The number of halogens is 1. The van der Waals surface area contributed by atoms with Gasteiger partial charge >= 0.3 is 0 Å². The Labute approximate surface area is 163 Å². The fourth-order valence-corrected chi connectivity index (χ4v) is 3.53. The summed E-state index contributed by atoms with van der Waals surface area (Å²) in [5.74, 6) is 0.0214. The fourth-order valence-electron chi connectivity index (χ4n) is 3.41. The number of benzene rings is 2. The Morgan fingerprint density at radius 3 is 2.41 bits per heavy atom. The van der Waals surface area contributed by atoms with E-state index in [1.165, 1.54) is 5.56 Å². The number of nitrogens with one attached hydrogen (secondary N) is 1. The third kappa shape index (κ3) is 4.04. The van der Waals surface area contributed by atoms with Crippen molar-refractivity contribution in [2.24, 2.45) is 0 Å². The molecule has 4 rings (SSSR count). The van der Waals surface area contributed by atoms with Gasteiger partial charge in [0.1, 0.15) is 0 Å². The summed E-state index contributed by atoms with van der Waals surface area (Å²) in [7, 11) is 0. The molecule has 2 aromatic carbocycles. The Balaban J connectivity index is 1.42. The largest absolute Gasteiger partial charge is 0.336 e. The van der Waals surface area contributed by atoms with E-state index < -0.39 is 0 Å². The van der Waals surface area contributed by atoms with E-state index in [4.69, 9.17) is 11.6 Å². The van der Waals surface area contributed by atoms with E-state index in [2.05, 4.69) is 39.4 Å². The van der Waals surface area contributed by atoms with E-state index in [1.54, 1.807) is 6.20 Å². The van der Waals surface area contributed by atoms with Crippen LogP contribution in [0.3, 0.4) is 0 Å². The summed E-state index contributed by atoms with van der Waals surface area (Å²) in [4.78, 5) is 17.3. The van der Waals surface area contributed by atoms with Crippen molar-refractivity contribution in [1.29, 1.82) is 0 Å². The molecule has 1 aromatic heterocycles. The zero-order chi connectivity index (χ0) is 18.6. The van der Waals surface area contributed by atoms with Crippen LogP contribution in [0.2, 0.25) is 5.02 Å². The first-order chi connectivity index (χ1) is 13.2. The highest BCUT2D eigenvalue weighted by Gasteiger charge is 2.25. The van der Waals surface area contributed by atoms with E-state index in [0.29, 0.717) is 10.6 Å². The Hall–Kier alpha value is -2.63. The van der Waals surface area contributed by atoms with Gasteiger partial charge in [-0.1, -0.05) is 54.1 Å². The van der Waals surface area contributed by atoms with Crippen LogP contribution in [0.1, 0.15) is 15.9 Å². The number of nitrogens with zero attached hydrogens (tertiary/aromatic N) is 3. The predicted octanol–water partition coefficient (Wildman–Crippen LogP) is 3.69. The lowest BCUT2D eigenvalue weighted by Gasteiger charge is -2.34. The number of rotatable bonds is 4. The van der Waals surface area contributed by atoms with E-state index in [-0.39, 0.29) is 5.91 Å². The zero-order valence-electron chi connectivity index (χ0n) is 14.9. The van der Waals surface area contributed by atoms with Gasteiger partial charge in [0.2, 0.25) is 0 Å². The summed E-state index contributed by atoms with van der Waals surface area (Å²) in [6.07, 6.45) is 1.61. The number of carbonyl (C=O) groups is 1. The average molecular weight is 381 g/mol. The maximum Gasteiger partial charge on any atom is 0.257 e. The number of piperazine rings is 1. The second-order valence-corrected chi connectivity index (χ2v) is 7.16. The molecule has 6 heteroatoms. The van der Waals surface area contributed by atoms with Crippen LogP contribution in [0.5, 0.6) is 0 Å². The Morgan fingerprint density at radius 1 is 1.00 bits per heavy atom. The molecule has 1 saturated heterocycles. The zero-order valence-corrected chi connectivity index (χ0v) is 15.7. The fraction of sp³-hybridized carbons (Fsp3) is 0.238. The van der Waals surface area contributed by atoms with Crippen molar-refractivity contribution in [3.05, 3.63) is 76.9 Å². The molecule has 1 aliphatic rings. The molecule has 0 spiro atoms. The van der Waals surface area contributed by atoms with Gasteiger partial charge in [0.15, 0.2) is 0 Å². The number of amides is 1. The van der Waals surface area contributed by atoms with Crippen LogP contribution in [-0.4, -0.2) is 52.1 Å². The number of carbonyl (C=O) groups excluding carboxylic acids is 1. The van der Waals surface area contributed by atoms with Crippen LogP contribution < -0.4 is 0 Å². The molecule has 2 heterocycles. The molecule has 1 amide bonds. The highest BCUT2D eigenvalue weighted by atomic mass is 35.5. The minimum absolute atomic E-state index is 0.0214. The quantitative estimate of drug-likeness (QED) is 0.751. The van der Waals surface area contributed by atoms with E-state index in [1.807, 2.05) is 35.2 Å². The maximum absolute atomic E-state index is 13.0. The molecule has 0 aliphatic carbocycles. The summed E-state index contributed by atoms with van der Waals surface area (Å²) in [6.45, 7) is 4.10. The lowest BCUT2D eigenvalue weighted by molar-refractivity contribution is 0.0629. The van der Waals surface area contributed by atoms with E-state index in [9.17, 15) is 4.79 Å². The van der Waals surface area contributed by atoms with Gasteiger partial charge in [0.05, 0.1) is 17.5 Å². The summed E-state index contributed by atoms with van der Waals surface area (Å²) in [5, 5.41) is 7.71. The molecular weight excluding hydrogens is 360 g/mol. The van der Waals surface area contributed by atoms with Gasteiger partial charge < -0.3 is 4.90 Å². The molecular formula is C21H21ClN4O. The highest BCUT2D eigenvalue weighted by Crippen LogP contribution is 2.24. The molecule has 5 nitrogen and oxygen atoms in total. The van der Waals surface area contributed by atoms with Crippen LogP contribution in [0, 0.1) is 0 Å². The molecule has 138 valence electrons. The molecule has 27 heavy (non-hydrogen) atoms. The average Bonchev–Trinajstić information content (AvgIpc) is 3.19. The van der Waals surface area contributed by atoms with Crippen molar-refractivity contribution >= 4 is 17.5 Å². The lowest BCUT2D eigenvalue weighted by Crippen LogP contribution is -2.48. The molecule has 3 aromatic rings. The summed E-state index contributed by atoms with van der Waals surface area (Å²) in [5.41, 5.74) is 3.55. The maximum atomic E-state index is 13.0. The molecule has 0 unspecified atom stereocenters. The number of hydrogen-bond acceptors (Lipinski definition) is 3. The van der Waals surface area contributed by atoms with Gasteiger partial charge in [-0.15, -0.1) is 0 Å². The van der Waals surface area contributed by atoms with Gasteiger partial charge in [-0.2, -0.15) is 5.10 Å².